The first-order chi connectivity index (χ1) is 12.3. The average Bonchev–Trinajstić information content (AvgIpc) is 3.18. The Balaban J connectivity index is 1.55. The summed E-state index contributed by atoms with van der Waals surface area (Å²) in [6.07, 6.45) is -0.615. The number of carbonyl (C=O) groups excluding carboxylic acids is 1. The third-order valence-electron chi connectivity index (χ3n) is 4.42. The Morgan fingerprint density at radius 1 is 1.31 bits per heavy atom. The Bertz CT molecular complexity index is 787. The number of carboxylic acids is 1. The lowest BCUT2D eigenvalue weighted by molar-refractivity contribution is -0.187. The molecule has 3 rings (SSSR count). The second kappa shape index (κ2) is 6.85. The topological polar surface area (TPSA) is 86.9 Å². The molecule has 1 aliphatic rings. The van der Waals surface area contributed by atoms with Gasteiger partial charge >= 0.3 is 18.2 Å². The van der Waals surface area contributed by atoms with Crippen LogP contribution in [0.1, 0.15) is 5.69 Å². The molecule has 0 spiro atoms. The van der Waals surface area contributed by atoms with Crippen molar-refractivity contribution in [3.8, 4) is 0 Å². The summed E-state index contributed by atoms with van der Waals surface area (Å²) in [6, 6.07) is 4.82. The number of pyridine rings is 1. The van der Waals surface area contributed by atoms with Crippen LogP contribution in [0.15, 0.2) is 30.6 Å². The van der Waals surface area contributed by atoms with Gasteiger partial charge in [-0.15, -0.1) is 0 Å². The molecule has 3 heterocycles. The number of aromatic nitrogens is 2. The van der Waals surface area contributed by atoms with Crippen LogP contribution in [-0.4, -0.2) is 57.2 Å². The molecule has 0 bridgehead atoms. The van der Waals surface area contributed by atoms with E-state index < -0.39 is 43.1 Å². The van der Waals surface area contributed by atoms with E-state index in [1.165, 1.54) is 0 Å². The Labute approximate surface area is 146 Å². The maximum Gasteiger partial charge on any atom is 0.394 e. The number of nitrogens with zero attached hydrogens (tertiary/aromatic N) is 3. The zero-order valence-corrected chi connectivity index (χ0v) is 13.6. The number of rotatable bonds is 4. The molecule has 0 aliphatic carbocycles. The summed E-state index contributed by atoms with van der Waals surface area (Å²) in [6.45, 7) is -0.923. The molecule has 1 aliphatic heterocycles. The van der Waals surface area contributed by atoms with Crippen molar-refractivity contribution in [3.05, 3.63) is 36.3 Å². The summed E-state index contributed by atoms with van der Waals surface area (Å²) in [5.41, 5.74) is 1.49. The molecule has 2 amide bonds. The molecule has 0 unspecified atom stereocenters. The minimum absolute atomic E-state index is 0.188. The standard InChI is InChI=1S/C16H17F3N4O3/c17-16(18,19)12-9-23(8-11(12)14(24)25)15(26)20-5-4-10-7-22-6-2-1-3-13(22)21-10/h1-3,6-7,11-12H,4-5,8-9H2,(H,20,26)(H,24,25)/t11-,12-/m1/s1. The van der Waals surface area contributed by atoms with Crippen LogP contribution in [0.5, 0.6) is 0 Å². The van der Waals surface area contributed by atoms with Gasteiger partial charge in [-0.25, -0.2) is 9.78 Å². The molecule has 0 aromatic carbocycles. The van der Waals surface area contributed by atoms with Crippen molar-refractivity contribution in [2.75, 3.05) is 19.6 Å². The second-order valence-corrected chi connectivity index (χ2v) is 6.18. The van der Waals surface area contributed by atoms with Gasteiger partial charge in [0.1, 0.15) is 5.65 Å². The Morgan fingerprint density at radius 2 is 2.08 bits per heavy atom. The first-order valence-corrected chi connectivity index (χ1v) is 8.00. The zero-order chi connectivity index (χ0) is 18.9. The Morgan fingerprint density at radius 3 is 2.69 bits per heavy atom. The van der Waals surface area contributed by atoms with Gasteiger partial charge in [0.15, 0.2) is 0 Å². The number of amides is 2. The number of urea groups is 1. The minimum Gasteiger partial charge on any atom is -0.481 e. The molecule has 1 saturated heterocycles. The molecule has 140 valence electrons. The summed E-state index contributed by atoms with van der Waals surface area (Å²) in [7, 11) is 0. The van der Waals surface area contributed by atoms with Gasteiger partial charge < -0.3 is 19.7 Å². The summed E-state index contributed by atoms with van der Waals surface area (Å²) in [4.78, 5) is 28.4. The molecule has 26 heavy (non-hydrogen) atoms. The lowest BCUT2D eigenvalue weighted by Gasteiger charge is -2.18. The van der Waals surface area contributed by atoms with Gasteiger partial charge in [-0.3, -0.25) is 4.79 Å². The van der Waals surface area contributed by atoms with Crippen LogP contribution in [0.3, 0.4) is 0 Å². The van der Waals surface area contributed by atoms with Crippen molar-refractivity contribution in [1.29, 1.82) is 0 Å². The maximum absolute atomic E-state index is 13.0. The molecule has 2 N–H and O–H groups in total. The normalized spacial score (nSPS) is 20.5. The molecule has 0 radical (unpaired) electrons. The zero-order valence-electron chi connectivity index (χ0n) is 13.6. The van der Waals surface area contributed by atoms with Gasteiger partial charge in [0.05, 0.1) is 17.5 Å². The highest BCUT2D eigenvalue weighted by atomic mass is 19.4. The largest absolute Gasteiger partial charge is 0.481 e. The van der Waals surface area contributed by atoms with Gasteiger partial charge in [0.2, 0.25) is 0 Å². The predicted octanol–water partition coefficient (Wildman–Crippen LogP) is 1.78. The number of fused-ring (bicyclic) bond motifs is 1. The fourth-order valence-corrected chi connectivity index (χ4v) is 3.07. The third kappa shape index (κ3) is 3.73. The molecule has 2 atom stereocenters. The Kier molecular flexibility index (Phi) is 4.75. The van der Waals surface area contributed by atoms with Crippen molar-refractivity contribution in [3.63, 3.8) is 0 Å². The van der Waals surface area contributed by atoms with Crippen molar-refractivity contribution < 1.29 is 27.9 Å². The second-order valence-electron chi connectivity index (χ2n) is 6.18. The smallest absolute Gasteiger partial charge is 0.394 e. The summed E-state index contributed by atoms with van der Waals surface area (Å²) < 4.78 is 40.7. The number of hydrogen-bond donors (Lipinski definition) is 2. The number of alkyl halides is 3. The van der Waals surface area contributed by atoms with Crippen molar-refractivity contribution in [2.45, 2.75) is 12.6 Å². The van der Waals surface area contributed by atoms with Gasteiger partial charge in [0.25, 0.3) is 0 Å². The monoisotopic (exact) mass is 370 g/mol. The maximum atomic E-state index is 13.0. The van der Waals surface area contributed by atoms with E-state index in [-0.39, 0.29) is 6.54 Å². The predicted molar refractivity (Wildman–Crippen MR) is 84.5 cm³/mol. The first kappa shape index (κ1) is 18.0. The van der Waals surface area contributed by atoms with E-state index in [1.807, 2.05) is 28.8 Å². The summed E-state index contributed by atoms with van der Waals surface area (Å²) in [5.74, 6) is -5.24. The van der Waals surface area contributed by atoms with Crippen LogP contribution in [0.25, 0.3) is 5.65 Å². The number of aliphatic carboxylic acids is 1. The molecule has 10 heteroatoms. The highest BCUT2D eigenvalue weighted by molar-refractivity contribution is 5.77. The third-order valence-corrected chi connectivity index (χ3v) is 4.42. The number of carbonyl (C=O) groups is 2. The number of nitrogens with one attached hydrogen (secondary N) is 1. The van der Waals surface area contributed by atoms with E-state index >= 15 is 0 Å². The lowest BCUT2D eigenvalue weighted by atomic mass is 9.96. The quantitative estimate of drug-likeness (QED) is 0.859. The van der Waals surface area contributed by atoms with Gasteiger partial charge in [-0.05, 0) is 12.1 Å². The van der Waals surface area contributed by atoms with Gasteiger partial charge in [-0.2, -0.15) is 13.2 Å². The highest BCUT2D eigenvalue weighted by Crippen LogP contribution is 2.37. The van der Waals surface area contributed by atoms with Gasteiger partial charge in [-0.1, -0.05) is 6.07 Å². The fourth-order valence-electron chi connectivity index (χ4n) is 3.07. The van der Waals surface area contributed by atoms with E-state index in [4.69, 9.17) is 5.11 Å². The number of imidazole rings is 1. The molecule has 0 saturated carbocycles. The van der Waals surface area contributed by atoms with Crippen LogP contribution >= 0.6 is 0 Å². The first-order valence-electron chi connectivity index (χ1n) is 8.00. The number of likely N-dealkylation sites (tertiary alicyclic amines) is 1. The molecule has 1 fully saturated rings. The van der Waals surface area contributed by atoms with E-state index in [0.29, 0.717) is 6.42 Å². The van der Waals surface area contributed by atoms with E-state index in [9.17, 15) is 22.8 Å². The van der Waals surface area contributed by atoms with E-state index in [0.717, 1.165) is 16.2 Å². The number of carboxylic acid groups (broad SMARTS) is 1. The van der Waals surface area contributed by atoms with Crippen LogP contribution < -0.4 is 5.32 Å². The van der Waals surface area contributed by atoms with E-state index in [2.05, 4.69) is 10.3 Å². The van der Waals surface area contributed by atoms with Crippen LogP contribution in [0.2, 0.25) is 0 Å². The van der Waals surface area contributed by atoms with Gasteiger partial charge in [0, 0.05) is 38.4 Å². The Hall–Kier alpha value is -2.78. The molecular formula is C16H17F3N4O3. The van der Waals surface area contributed by atoms with Crippen molar-refractivity contribution in [2.24, 2.45) is 11.8 Å². The summed E-state index contributed by atoms with van der Waals surface area (Å²) >= 11 is 0. The molecule has 2 aromatic rings. The highest BCUT2D eigenvalue weighted by Gasteiger charge is 2.53. The number of hydrogen-bond acceptors (Lipinski definition) is 3. The van der Waals surface area contributed by atoms with Crippen LogP contribution in [0, 0.1) is 11.8 Å². The molecule has 7 nitrogen and oxygen atoms in total. The lowest BCUT2D eigenvalue weighted by Crippen LogP contribution is -2.40. The van der Waals surface area contributed by atoms with Crippen molar-refractivity contribution in [1.82, 2.24) is 19.6 Å². The minimum atomic E-state index is -4.66. The van der Waals surface area contributed by atoms with Crippen molar-refractivity contribution >= 4 is 17.6 Å². The molecule has 2 aromatic heterocycles. The van der Waals surface area contributed by atoms with Crippen LogP contribution in [0.4, 0.5) is 18.0 Å². The van der Waals surface area contributed by atoms with Crippen LogP contribution in [-0.2, 0) is 11.2 Å². The fraction of sp³-hybridized carbons (Fsp3) is 0.438. The number of halogens is 3. The summed E-state index contributed by atoms with van der Waals surface area (Å²) in [5, 5.41) is 11.5. The SMILES string of the molecule is O=C(O)[C@@H]1CN(C(=O)NCCc2cn3ccccc3n2)C[C@H]1C(F)(F)F. The average molecular weight is 370 g/mol. The molecular weight excluding hydrogens is 353 g/mol. The van der Waals surface area contributed by atoms with E-state index in [1.54, 1.807) is 6.20 Å².